The normalized spacial score (nSPS) is 9.72. The molecule has 1 aromatic heterocycles. The van der Waals surface area contributed by atoms with E-state index in [1.807, 2.05) is 13.0 Å². The van der Waals surface area contributed by atoms with E-state index in [1.54, 1.807) is 18.2 Å². The van der Waals surface area contributed by atoms with Gasteiger partial charge in [0.05, 0.1) is 10.0 Å². The molecular weight excluding hydrogens is 295 g/mol. The Morgan fingerprint density at radius 1 is 1.11 bits per heavy atom. The molecule has 0 fully saturated rings. The molecule has 0 saturated carbocycles. The molecule has 7 heteroatoms. The third-order valence-corrected chi connectivity index (χ3v) is 2.80. The SMILES string of the molecule is Cc1cc(Nc2ccc(Cl)c(Cl)c2)nc(N)n1.Cl. The molecule has 0 unspecified atom stereocenters. The zero-order valence-corrected chi connectivity index (χ0v) is 11.8. The molecular formula is C11H11Cl3N4. The van der Waals surface area contributed by atoms with Crippen LogP contribution in [0.15, 0.2) is 24.3 Å². The summed E-state index contributed by atoms with van der Waals surface area (Å²) in [6, 6.07) is 7.03. The molecule has 0 radical (unpaired) electrons. The zero-order chi connectivity index (χ0) is 12.4. The fraction of sp³-hybridized carbons (Fsp3) is 0.0909. The zero-order valence-electron chi connectivity index (χ0n) is 9.45. The van der Waals surface area contributed by atoms with Crippen LogP contribution in [0.4, 0.5) is 17.5 Å². The van der Waals surface area contributed by atoms with E-state index in [0.29, 0.717) is 15.9 Å². The maximum atomic E-state index is 5.91. The van der Waals surface area contributed by atoms with Crippen molar-refractivity contribution < 1.29 is 0 Å². The van der Waals surface area contributed by atoms with Crippen LogP contribution in [0.25, 0.3) is 0 Å². The molecule has 0 atom stereocenters. The van der Waals surface area contributed by atoms with Gasteiger partial charge in [-0.25, -0.2) is 4.98 Å². The van der Waals surface area contributed by atoms with E-state index in [-0.39, 0.29) is 18.4 Å². The molecule has 0 amide bonds. The quantitative estimate of drug-likeness (QED) is 0.885. The number of nitrogen functional groups attached to an aromatic ring is 1. The van der Waals surface area contributed by atoms with Crippen LogP contribution in [-0.4, -0.2) is 9.97 Å². The minimum Gasteiger partial charge on any atom is -0.368 e. The van der Waals surface area contributed by atoms with Gasteiger partial charge < -0.3 is 11.1 Å². The molecule has 1 heterocycles. The van der Waals surface area contributed by atoms with Gasteiger partial charge in [0, 0.05) is 17.4 Å². The van der Waals surface area contributed by atoms with Gasteiger partial charge in [0.1, 0.15) is 5.82 Å². The molecule has 0 spiro atoms. The molecule has 0 aliphatic heterocycles. The summed E-state index contributed by atoms with van der Waals surface area (Å²) in [5, 5.41) is 4.07. The van der Waals surface area contributed by atoms with E-state index in [0.717, 1.165) is 11.4 Å². The minimum absolute atomic E-state index is 0. The van der Waals surface area contributed by atoms with Gasteiger partial charge >= 0.3 is 0 Å². The molecule has 3 N–H and O–H groups in total. The van der Waals surface area contributed by atoms with Crippen LogP contribution in [0.3, 0.4) is 0 Å². The Balaban J connectivity index is 0.00000162. The Hall–Kier alpha value is -1.23. The lowest BCUT2D eigenvalue weighted by atomic mass is 10.3. The van der Waals surface area contributed by atoms with E-state index >= 15 is 0 Å². The Bertz CT molecular complexity index is 540. The summed E-state index contributed by atoms with van der Waals surface area (Å²) in [6.45, 7) is 1.85. The van der Waals surface area contributed by atoms with Crippen molar-refractivity contribution in [2.75, 3.05) is 11.1 Å². The number of anilines is 3. The van der Waals surface area contributed by atoms with Crippen molar-refractivity contribution in [2.24, 2.45) is 0 Å². The summed E-state index contributed by atoms with van der Waals surface area (Å²) >= 11 is 11.7. The van der Waals surface area contributed by atoms with Gasteiger partial charge in [-0.2, -0.15) is 4.98 Å². The van der Waals surface area contributed by atoms with Gasteiger partial charge in [-0.1, -0.05) is 23.2 Å². The fourth-order valence-electron chi connectivity index (χ4n) is 1.38. The smallest absolute Gasteiger partial charge is 0.222 e. The predicted molar refractivity (Wildman–Crippen MR) is 78.2 cm³/mol. The van der Waals surface area contributed by atoms with E-state index in [2.05, 4.69) is 15.3 Å². The Morgan fingerprint density at radius 3 is 2.44 bits per heavy atom. The van der Waals surface area contributed by atoms with Gasteiger partial charge in [0.25, 0.3) is 0 Å². The average molecular weight is 306 g/mol. The van der Waals surface area contributed by atoms with Crippen LogP contribution in [0.1, 0.15) is 5.69 Å². The molecule has 0 aliphatic rings. The third-order valence-electron chi connectivity index (χ3n) is 2.06. The molecule has 96 valence electrons. The van der Waals surface area contributed by atoms with E-state index in [1.165, 1.54) is 0 Å². The number of nitrogens with one attached hydrogen (secondary N) is 1. The van der Waals surface area contributed by atoms with E-state index in [4.69, 9.17) is 28.9 Å². The highest BCUT2D eigenvalue weighted by Gasteiger charge is 2.02. The maximum Gasteiger partial charge on any atom is 0.222 e. The number of hydrogen-bond acceptors (Lipinski definition) is 4. The number of nitrogens with zero attached hydrogens (tertiary/aromatic N) is 2. The molecule has 2 aromatic rings. The van der Waals surface area contributed by atoms with Gasteiger partial charge in [-0.05, 0) is 25.1 Å². The lowest BCUT2D eigenvalue weighted by Gasteiger charge is -2.07. The number of rotatable bonds is 2. The average Bonchev–Trinajstić information content (AvgIpc) is 2.22. The van der Waals surface area contributed by atoms with E-state index < -0.39 is 0 Å². The van der Waals surface area contributed by atoms with Crippen molar-refractivity contribution in [1.82, 2.24) is 9.97 Å². The Labute approximate surface area is 121 Å². The van der Waals surface area contributed by atoms with Crippen LogP contribution in [0, 0.1) is 6.92 Å². The van der Waals surface area contributed by atoms with Crippen molar-refractivity contribution in [3.8, 4) is 0 Å². The number of halogens is 3. The molecule has 0 bridgehead atoms. The Morgan fingerprint density at radius 2 is 1.83 bits per heavy atom. The minimum atomic E-state index is 0. The predicted octanol–water partition coefficient (Wildman–Crippen LogP) is 3.84. The van der Waals surface area contributed by atoms with Crippen LogP contribution in [0.2, 0.25) is 10.0 Å². The first-order valence-corrected chi connectivity index (χ1v) is 5.63. The van der Waals surface area contributed by atoms with Crippen LogP contribution in [0.5, 0.6) is 0 Å². The second-order valence-corrected chi connectivity index (χ2v) is 4.32. The molecule has 4 nitrogen and oxygen atoms in total. The summed E-state index contributed by atoms with van der Waals surface area (Å²) in [5.41, 5.74) is 7.14. The lowest BCUT2D eigenvalue weighted by molar-refractivity contribution is 1.12. The van der Waals surface area contributed by atoms with E-state index in [9.17, 15) is 0 Å². The number of benzene rings is 1. The fourth-order valence-corrected chi connectivity index (χ4v) is 1.68. The number of aromatic nitrogens is 2. The first-order chi connectivity index (χ1) is 8.04. The number of hydrogen-bond donors (Lipinski definition) is 2. The highest BCUT2D eigenvalue weighted by atomic mass is 35.5. The van der Waals surface area contributed by atoms with Crippen LogP contribution in [-0.2, 0) is 0 Å². The van der Waals surface area contributed by atoms with Gasteiger partial charge in [0.2, 0.25) is 5.95 Å². The molecule has 1 aromatic carbocycles. The largest absolute Gasteiger partial charge is 0.368 e. The monoisotopic (exact) mass is 304 g/mol. The highest BCUT2D eigenvalue weighted by molar-refractivity contribution is 6.42. The van der Waals surface area contributed by atoms with Gasteiger partial charge in [-0.15, -0.1) is 12.4 Å². The maximum absolute atomic E-state index is 5.91. The van der Waals surface area contributed by atoms with Crippen molar-refractivity contribution in [3.05, 3.63) is 40.0 Å². The van der Waals surface area contributed by atoms with Gasteiger partial charge in [-0.3, -0.25) is 0 Å². The van der Waals surface area contributed by atoms with Crippen LogP contribution < -0.4 is 11.1 Å². The molecule has 2 rings (SSSR count). The second kappa shape index (κ2) is 6.09. The Kier molecular flexibility index (Phi) is 5.02. The van der Waals surface area contributed by atoms with Crippen molar-refractivity contribution in [2.45, 2.75) is 6.92 Å². The topological polar surface area (TPSA) is 63.8 Å². The van der Waals surface area contributed by atoms with Crippen molar-refractivity contribution in [3.63, 3.8) is 0 Å². The van der Waals surface area contributed by atoms with Crippen molar-refractivity contribution >= 4 is 53.1 Å². The standard InChI is InChI=1S/C11H10Cl2N4.ClH/c1-6-4-10(17-11(14)15-6)16-7-2-3-8(12)9(13)5-7;/h2-5H,1H3,(H3,14,15,16,17);1H. The summed E-state index contributed by atoms with van der Waals surface area (Å²) in [5.74, 6) is 0.848. The highest BCUT2D eigenvalue weighted by Crippen LogP contribution is 2.26. The third kappa shape index (κ3) is 3.63. The van der Waals surface area contributed by atoms with Crippen LogP contribution >= 0.6 is 35.6 Å². The van der Waals surface area contributed by atoms with Crippen molar-refractivity contribution in [1.29, 1.82) is 0 Å². The van der Waals surface area contributed by atoms with Gasteiger partial charge in [0.15, 0.2) is 0 Å². The summed E-state index contributed by atoms with van der Waals surface area (Å²) in [4.78, 5) is 8.05. The first-order valence-electron chi connectivity index (χ1n) is 4.88. The molecule has 0 saturated heterocycles. The molecule has 0 aliphatic carbocycles. The summed E-state index contributed by atoms with van der Waals surface area (Å²) < 4.78 is 0. The summed E-state index contributed by atoms with van der Waals surface area (Å²) in [7, 11) is 0. The molecule has 18 heavy (non-hydrogen) atoms. The summed E-state index contributed by atoms with van der Waals surface area (Å²) in [6.07, 6.45) is 0. The second-order valence-electron chi connectivity index (χ2n) is 3.51. The number of aryl methyl sites for hydroxylation is 1. The lowest BCUT2D eigenvalue weighted by Crippen LogP contribution is -2.01. The first kappa shape index (κ1) is 14.8. The number of nitrogens with two attached hydrogens (primary N) is 1.